The fraction of sp³-hybridized carbons (Fsp3) is 0.450. The van der Waals surface area contributed by atoms with Crippen molar-refractivity contribution in [2.45, 2.75) is 38.3 Å². The minimum absolute atomic E-state index is 0.0216. The monoisotopic (exact) mass is 381 g/mol. The van der Waals surface area contributed by atoms with Crippen LogP contribution < -0.4 is 5.32 Å². The highest BCUT2D eigenvalue weighted by molar-refractivity contribution is 7.20. The van der Waals surface area contributed by atoms with Gasteiger partial charge in [-0.1, -0.05) is 11.3 Å². The molecule has 6 nitrogen and oxygen atoms in total. The van der Waals surface area contributed by atoms with E-state index in [1.165, 1.54) is 24.2 Å². The Balaban J connectivity index is 1.41. The maximum absolute atomic E-state index is 13.0. The smallest absolute Gasteiger partial charge is 0.261 e. The molecule has 1 N–H and O–H groups in total. The van der Waals surface area contributed by atoms with E-state index in [0.717, 1.165) is 33.7 Å². The largest absolute Gasteiger partial charge is 0.346 e. The van der Waals surface area contributed by atoms with E-state index >= 15 is 0 Å². The summed E-state index contributed by atoms with van der Waals surface area (Å²) in [6.45, 7) is 6.83. The maximum Gasteiger partial charge on any atom is 0.261 e. The zero-order valence-corrected chi connectivity index (χ0v) is 16.4. The molecule has 0 radical (unpaired) electrons. The highest BCUT2D eigenvalue weighted by Crippen LogP contribution is 2.39. The first-order valence-corrected chi connectivity index (χ1v) is 10.3. The lowest BCUT2D eigenvalue weighted by Crippen LogP contribution is -2.69. The van der Waals surface area contributed by atoms with Gasteiger partial charge in [0.15, 0.2) is 0 Å². The van der Waals surface area contributed by atoms with Gasteiger partial charge < -0.3 is 5.32 Å². The summed E-state index contributed by atoms with van der Waals surface area (Å²) < 4.78 is 2.82. The van der Waals surface area contributed by atoms with Gasteiger partial charge >= 0.3 is 0 Å². The van der Waals surface area contributed by atoms with E-state index in [-0.39, 0.29) is 17.5 Å². The molecule has 0 spiro atoms. The summed E-state index contributed by atoms with van der Waals surface area (Å²) in [4.78, 5) is 16.3. The number of fused-ring (bicyclic) bond motifs is 4. The number of rotatable bonds is 3. The van der Waals surface area contributed by atoms with E-state index in [2.05, 4.69) is 40.4 Å². The number of nitrogens with zero attached hydrogens (tertiary/aromatic N) is 4. The second-order valence-corrected chi connectivity index (χ2v) is 9.19. The molecule has 140 valence electrons. The first-order valence-electron chi connectivity index (χ1n) is 9.48. The Morgan fingerprint density at radius 2 is 2.07 bits per heavy atom. The van der Waals surface area contributed by atoms with Gasteiger partial charge in [0.05, 0.1) is 23.0 Å². The molecule has 6 rings (SSSR count). The predicted octanol–water partition coefficient (Wildman–Crippen LogP) is 3.08. The highest BCUT2D eigenvalue weighted by Gasteiger charge is 2.48. The first kappa shape index (κ1) is 16.9. The molecule has 0 saturated carbocycles. The van der Waals surface area contributed by atoms with Crippen LogP contribution in [-0.2, 0) is 0 Å². The molecular weight excluding hydrogens is 358 g/mol. The number of amides is 1. The quantitative estimate of drug-likeness (QED) is 0.757. The lowest BCUT2D eigenvalue weighted by atomic mass is 9.72. The van der Waals surface area contributed by atoms with Crippen molar-refractivity contribution in [3.63, 3.8) is 0 Å². The SMILES string of the molecule is CC1(C)C(NC(=O)c2cc3ccc(-n4ccnn4)cc3s2)C2CCN1CC2. The van der Waals surface area contributed by atoms with Crippen molar-refractivity contribution in [3.8, 4) is 5.69 Å². The van der Waals surface area contributed by atoms with Gasteiger partial charge in [-0.25, -0.2) is 4.68 Å². The number of carbonyl (C=O) groups is 1. The zero-order valence-electron chi connectivity index (χ0n) is 15.6. The molecule has 1 aromatic carbocycles. The summed E-state index contributed by atoms with van der Waals surface area (Å²) in [5, 5.41) is 12.3. The van der Waals surface area contributed by atoms with Crippen LogP contribution >= 0.6 is 11.3 Å². The van der Waals surface area contributed by atoms with Crippen LogP contribution in [0.5, 0.6) is 0 Å². The third-order valence-corrected chi connectivity index (χ3v) is 7.38. The molecule has 1 atom stereocenters. The van der Waals surface area contributed by atoms with Gasteiger partial charge in [-0.2, -0.15) is 0 Å². The molecule has 27 heavy (non-hydrogen) atoms. The van der Waals surface area contributed by atoms with Gasteiger partial charge in [-0.3, -0.25) is 9.69 Å². The topological polar surface area (TPSA) is 63.1 Å². The summed E-state index contributed by atoms with van der Waals surface area (Å²) >= 11 is 1.54. The number of aromatic nitrogens is 3. The third-order valence-electron chi connectivity index (χ3n) is 6.29. The molecule has 2 aromatic heterocycles. The lowest BCUT2D eigenvalue weighted by molar-refractivity contribution is -0.0377. The minimum atomic E-state index is 0.0216. The molecule has 3 aliphatic rings. The Hall–Kier alpha value is -2.25. The van der Waals surface area contributed by atoms with E-state index < -0.39 is 0 Å². The zero-order chi connectivity index (χ0) is 18.6. The van der Waals surface area contributed by atoms with Crippen LogP contribution in [0.4, 0.5) is 0 Å². The normalized spacial score (nSPS) is 26.4. The molecule has 3 fully saturated rings. The second-order valence-electron chi connectivity index (χ2n) is 8.11. The Bertz CT molecular complexity index is 985. The summed E-state index contributed by atoms with van der Waals surface area (Å²) in [6, 6.07) is 8.31. The molecule has 3 saturated heterocycles. The standard InChI is InChI=1S/C20H23N5OS/c1-20(2)18(13-5-8-24(20)9-6-13)22-19(26)17-11-14-3-4-15(12-16(14)27-17)25-10-7-21-23-25/h3-4,7,10-13,18H,5-6,8-9H2,1-2H3,(H,22,26). The third kappa shape index (κ3) is 2.76. The minimum Gasteiger partial charge on any atom is -0.346 e. The molecule has 3 aliphatic heterocycles. The van der Waals surface area contributed by atoms with Crippen molar-refractivity contribution in [3.05, 3.63) is 41.5 Å². The van der Waals surface area contributed by atoms with E-state index in [4.69, 9.17) is 0 Å². The van der Waals surface area contributed by atoms with Crippen molar-refractivity contribution >= 4 is 27.3 Å². The number of carbonyl (C=O) groups excluding carboxylic acids is 1. The highest BCUT2D eigenvalue weighted by atomic mass is 32.1. The molecule has 2 bridgehead atoms. The van der Waals surface area contributed by atoms with Crippen LogP contribution in [0.15, 0.2) is 36.7 Å². The van der Waals surface area contributed by atoms with Crippen LogP contribution in [0, 0.1) is 5.92 Å². The Morgan fingerprint density at radius 1 is 1.26 bits per heavy atom. The number of nitrogens with one attached hydrogen (secondary N) is 1. The number of piperidine rings is 3. The van der Waals surface area contributed by atoms with E-state index in [1.807, 2.05) is 24.4 Å². The molecular formula is C20H23N5OS. The Labute approximate surface area is 162 Å². The van der Waals surface area contributed by atoms with Gasteiger partial charge in [0.1, 0.15) is 0 Å². The molecule has 1 amide bonds. The van der Waals surface area contributed by atoms with E-state index in [1.54, 1.807) is 10.9 Å². The molecule has 7 heteroatoms. The van der Waals surface area contributed by atoms with Crippen LogP contribution in [-0.4, -0.2) is 50.5 Å². The number of hydrogen-bond acceptors (Lipinski definition) is 5. The second kappa shape index (κ2) is 6.14. The van der Waals surface area contributed by atoms with Crippen molar-refractivity contribution in [1.29, 1.82) is 0 Å². The van der Waals surface area contributed by atoms with Crippen LogP contribution in [0.3, 0.4) is 0 Å². The molecule has 3 aromatic rings. The van der Waals surface area contributed by atoms with Crippen molar-refractivity contribution in [2.75, 3.05) is 13.1 Å². The van der Waals surface area contributed by atoms with Gasteiger partial charge in [0.25, 0.3) is 5.91 Å². The van der Waals surface area contributed by atoms with Crippen LogP contribution in [0.25, 0.3) is 15.8 Å². The lowest BCUT2D eigenvalue weighted by Gasteiger charge is -2.56. The summed E-state index contributed by atoms with van der Waals surface area (Å²) in [6.07, 6.45) is 5.84. The molecule has 5 heterocycles. The average molecular weight is 382 g/mol. The maximum atomic E-state index is 13.0. The van der Waals surface area contributed by atoms with Gasteiger partial charge in [-0.15, -0.1) is 16.4 Å². The fourth-order valence-electron chi connectivity index (χ4n) is 4.71. The van der Waals surface area contributed by atoms with Crippen LogP contribution in [0.2, 0.25) is 0 Å². The van der Waals surface area contributed by atoms with Crippen molar-refractivity contribution in [1.82, 2.24) is 25.2 Å². The fourth-order valence-corrected chi connectivity index (χ4v) is 5.71. The summed E-state index contributed by atoms with van der Waals surface area (Å²) in [7, 11) is 0. The van der Waals surface area contributed by atoms with Crippen LogP contribution in [0.1, 0.15) is 36.4 Å². The van der Waals surface area contributed by atoms with Gasteiger partial charge in [-0.05, 0) is 69.3 Å². The summed E-state index contributed by atoms with van der Waals surface area (Å²) in [5.74, 6) is 0.632. The summed E-state index contributed by atoms with van der Waals surface area (Å²) in [5.41, 5.74) is 0.973. The average Bonchev–Trinajstić information content (AvgIpc) is 3.33. The van der Waals surface area contributed by atoms with Gasteiger partial charge in [0.2, 0.25) is 0 Å². The van der Waals surface area contributed by atoms with Gasteiger partial charge in [0, 0.05) is 16.3 Å². The number of benzene rings is 1. The van der Waals surface area contributed by atoms with E-state index in [0.29, 0.717) is 5.92 Å². The number of hydrogen-bond donors (Lipinski definition) is 1. The molecule has 1 unspecified atom stereocenters. The van der Waals surface area contributed by atoms with Crippen molar-refractivity contribution in [2.24, 2.45) is 5.92 Å². The number of thiophene rings is 1. The molecule has 0 aliphatic carbocycles. The van der Waals surface area contributed by atoms with Crippen molar-refractivity contribution < 1.29 is 4.79 Å². The Kier molecular flexibility index (Phi) is 3.84. The first-order chi connectivity index (χ1) is 13.0. The Morgan fingerprint density at radius 3 is 2.78 bits per heavy atom. The predicted molar refractivity (Wildman–Crippen MR) is 106 cm³/mol. The van der Waals surface area contributed by atoms with E-state index in [9.17, 15) is 4.79 Å².